The smallest absolute Gasteiger partial charge is 0.188 e. The average molecular weight is 200 g/mol. The summed E-state index contributed by atoms with van der Waals surface area (Å²) in [5, 5.41) is 18.9. The van der Waals surface area contributed by atoms with Crippen molar-refractivity contribution < 1.29 is 19.7 Å². The van der Waals surface area contributed by atoms with Gasteiger partial charge in [-0.1, -0.05) is 19.9 Å². The molecule has 0 fully saturated rings. The highest BCUT2D eigenvalue weighted by molar-refractivity contribution is 5.57. The van der Waals surface area contributed by atoms with Gasteiger partial charge in [0.2, 0.25) is 0 Å². The molecular weight excluding hydrogens is 184 g/mol. The van der Waals surface area contributed by atoms with Crippen molar-refractivity contribution in [3.8, 4) is 0 Å². The van der Waals surface area contributed by atoms with Crippen molar-refractivity contribution in [2.75, 3.05) is 6.61 Å². The van der Waals surface area contributed by atoms with Crippen LogP contribution in [0.25, 0.3) is 0 Å². The lowest BCUT2D eigenvalue weighted by molar-refractivity contribution is -0.187. The predicted molar refractivity (Wildman–Crippen MR) is 50.5 cm³/mol. The van der Waals surface area contributed by atoms with Crippen LogP contribution in [-0.2, 0) is 9.53 Å². The number of aliphatic hydroxyl groups excluding tert-OH is 1. The van der Waals surface area contributed by atoms with E-state index in [4.69, 9.17) is 9.84 Å². The maximum absolute atomic E-state index is 10.6. The van der Waals surface area contributed by atoms with E-state index in [0.717, 1.165) is 6.29 Å². The molecule has 0 bridgehead atoms. The molecule has 2 atom stereocenters. The molecule has 2 unspecified atom stereocenters. The maximum Gasteiger partial charge on any atom is 0.188 e. The quantitative estimate of drug-likeness (QED) is 0.387. The molecule has 2 N–H and O–H groups in total. The van der Waals surface area contributed by atoms with Crippen LogP contribution < -0.4 is 0 Å². The lowest BCUT2D eigenvalue weighted by atomic mass is 9.97. The molecule has 0 saturated carbocycles. The molecule has 0 spiro atoms. The fourth-order valence-corrected chi connectivity index (χ4v) is 1.15. The molecule has 0 radical (unpaired) electrons. The minimum Gasteiger partial charge on any atom is -0.389 e. The van der Waals surface area contributed by atoms with Crippen molar-refractivity contribution in [3.05, 3.63) is 12.2 Å². The largest absolute Gasteiger partial charge is 0.389 e. The third kappa shape index (κ3) is 2.90. The molecule has 0 aromatic rings. The Bertz CT molecular complexity index is 247. The first kappa shape index (κ1) is 11.4. The Balaban J connectivity index is 2.46. The lowest BCUT2D eigenvalue weighted by Gasteiger charge is -2.26. The predicted octanol–water partition coefficient (Wildman–Crippen LogP) is 0.238. The zero-order valence-corrected chi connectivity index (χ0v) is 8.43. The SMILES string of the molecule is CC(C)(C=O)COC1(O)C=CC(O)C1. The standard InChI is InChI=1S/C10H16O4/c1-9(2,6-11)7-14-10(13)4-3-8(12)5-10/h3-4,6,8,12-13H,5,7H2,1-2H3. The van der Waals surface area contributed by atoms with Crippen LogP contribution in [0.1, 0.15) is 20.3 Å². The van der Waals surface area contributed by atoms with Crippen LogP contribution in [-0.4, -0.2) is 35.0 Å². The summed E-state index contributed by atoms with van der Waals surface area (Å²) in [6, 6.07) is 0. The average Bonchev–Trinajstić information content (AvgIpc) is 2.45. The van der Waals surface area contributed by atoms with Crippen molar-refractivity contribution in [2.24, 2.45) is 5.41 Å². The molecule has 1 aliphatic carbocycles. The molecule has 4 nitrogen and oxygen atoms in total. The second-order valence-electron chi connectivity index (χ2n) is 4.37. The number of carbonyl (C=O) groups excluding carboxylic acids is 1. The monoisotopic (exact) mass is 200 g/mol. The third-order valence-corrected chi connectivity index (χ3v) is 2.09. The van der Waals surface area contributed by atoms with Crippen molar-refractivity contribution in [3.63, 3.8) is 0 Å². The molecule has 0 aromatic heterocycles. The van der Waals surface area contributed by atoms with Crippen LogP contribution in [0.5, 0.6) is 0 Å². The number of ether oxygens (including phenoxy) is 1. The molecule has 0 aliphatic heterocycles. The van der Waals surface area contributed by atoms with Crippen molar-refractivity contribution in [1.82, 2.24) is 0 Å². The lowest BCUT2D eigenvalue weighted by Crippen LogP contribution is -2.34. The summed E-state index contributed by atoms with van der Waals surface area (Å²) in [5.41, 5.74) is -0.614. The molecule has 0 saturated heterocycles. The molecule has 14 heavy (non-hydrogen) atoms. The van der Waals surface area contributed by atoms with E-state index in [-0.39, 0.29) is 13.0 Å². The van der Waals surface area contributed by atoms with Crippen LogP contribution in [0.15, 0.2) is 12.2 Å². The van der Waals surface area contributed by atoms with Gasteiger partial charge in [0, 0.05) is 11.8 Å². The van der Waals surface area contributed by atoms with Crippen LogP contribution >= 0.6 is 0 Å². The Morgan fingerprint density at radius 3 is 2.79 bits per heavy atom. The highest BCUT2D eigenvalue weighted by Gasteiger charge is 2.34. The van der Waals surface area contributed by atoms with Gasteiger partial charge in [0.25, 0.3) is 0 Å². The summed E-state index contributed by atoms with van der Waals surface area (Å²) in [4.78, 5) is 10.6. The van der Waals surface area contributed by atoms with Crippen LogP contribution in [0.3, 0.4) is 0 Å². The van der Waals surface area contributed by atoms with Gasteiger partial charge in [-0.25, -0.2) is 0 Å². The second-order valence-corrected chi connectivity index (χ2v) is 4.37. The molecule has 0 heterocycles. The molecular formula is C10H16O4. The Morgan fingerprint density at radius 2 is 2.36 bits per heavy atom. The minimum absolute atomic E-state index is 0.127. The summed E-state index contributed by atoms with van der Waals surface area (Å²) in [5.74, 6) is -1.42. The van der Waals surface area contributed by atoms with E-state index in [1.807, 2.05) is 0 Å². The normalized spacial score (nSPS) is 32.1. The van der Waals surface area contributed by atoms with Crippen molar-refractivity contribution >= 4 is 6.29 Å². The summed E-state index contributed by atoms with van der Waals surface area (Å²) in [6.07, 6.45) is 3.14. The first-order valence-corrected chi connectivity index (χ1v) is 4.57. The number of hydrogen-bond donors (Lipinski definition) is 2. The second kappa shape index (κ2) is 3.81. The van der Waals surface area contributed by atoms with E-state index in [1.54, 1.807) is 13.8 Å². The van der Waals surface area contributed by atoms with Gasteiger partial charge in [-0.15, -0.1) is 0 Å². The highest BCUT2D eigenvalue weighted by Crippen LogP contribution is 2.26. The molecule has 1 rings (SSSR count). The topological polar surface area (TPSA) is 66.8 Å². The van der Waals surface area contributed by atoms with Gasteiger partial charge in [-0.05, 0) is 6.08 Å². The molecule has 0 aromatic carbocycles. The van der Waals surface area contributed by atoms with Gasteiger partial charge in [0.05, 0.1) is 12.7 Å². The van der Waals surface area contributed by atoms with Gasteiger partial charge in [-0.3, -0.25) is 0 Å². The molecule has 0 amide bonds. The molecule has 80 valence electrons. The van der Waals surface area contributed by atoms with Crippen LogP contribution in [0, 0.1) is 5.41 Å². The van der Waals surface area contributed by atoms with Gasteiger partial charge in [-0.2, -0.15) is 0 Å². The number of aldehydes is 1. The van der Waals surface area contributed by atoms with E-state index < -0.39 is 17.3 Å². The van der Waals surface area contributed by atoms with E-state index in [1.165, 1.54) is 12.2 Å². The van der Waals surface area contributed by atoms with E-state index in [0.29, 0.717) is 0 Å². The fourth-order valence-electron chi connectivity index (χ4n) is 1.15. The Hall–Kier alpha value is -0.710. The summed E-state index contributed by atoms with van der Waals surface area (Å²) in [6.45, 7) is 3.57. The van der Waals surface area contributed by atoms with Crippen molar-refractivity contribution in [2.45, 2.75) is 32.2 Å². The maximum atomic E-state index is 10.6. The number of rotatable bonds is 4. The Morgan fingerprint density at radius 1 is 1.71 bits per heavy atom. The van der Waals surface area contributed by atoms with Gasteiger partial charge >= 0.3 is 0 Å². The number of aliphatic hydroxyl groups is 2. The van der Waals surface area contributed by atoms with E-state index >= 15 is 0 Å². The zero-order valence-electron chi connectivity index (χ0n) is 8.43. The fraction of sp³-hybridized carbons (Fsp3) is 0.700. The first-order chi connectivity index (χ1) is 6.37. The van der Waals surface area contributed by atoms with Crippen LogP contribution in [0.2, 0.25) is 0 Å². The summed E-state index contributed by atoms with van der Waals surface area (Å²) < 4.78 is 5.19. The van der Waals surface area contributed by atoms with Crippen LogP contribution in [0.4, 0.5) is 0 Å². The molecule has 4 heteroatoms. The van der Waals surface area contributed by atoms with E-state index in [9.17, 15) is 9.90 Å². The highest BCUT2D eigenvalue weighted by atomic mass is 16.6. The number of hydrogen-bond acceptors (Lipinski definition) is 4. The van der Waals surface area contributed by atoms with E-state index in [2.05, 4.69) is 0 Å². The zero-order chi connectivity index (χ0) is 10.8. The first-order valence-electron chi connectivity index (χ1n) is 4.57. The Labute approximate surface area is 83.2 Å². The summed E-state index contributed by atoms with van der Waals surface area (Å²) >= 11 is 0. The third-order valence-electron chi connectivity index (χ3n) is 2.09. The van der Waals surface area contributed by atoms with Gasteiger partial charge < -0.3 is 19.7 Å². The van der Waals surface area contributed by atoms with Gasteiger partial charge in [0.1, 0.15) is 6.29 Å². The van der Waals surface area contributed by atoms with Gasteiger partial charge in [0.15, 0.2) is 5.79 Å². The molecule has 1 aliphatic rings. The number of carbonyl (C=O) groups is 1. The van der Waals surface area contributed by atoms with Crippen molar-refractivity contribution in [1.29, 1.82) is 0 Å². The summed E-state index contributed by atoms with van der Waals surface area (Å²) in [7, 11) is 0. The minimum atomic E-state index is -1.42. The Kier molecular flexibility index (Phi) is 3.09.